The van der Waals surface area contributed by atoms with E-state index in [1.165, 1.54) is 30.3 Å². The number of rotatable bonds is 8. The predicted molar refractivity (Wildman–Crippen MR) is 129 cm³/mol. The highest BCUT2D eigenvalue weighted by atomic mass is 32.2. The van der Waals surface area contributed by atoms with Crippen molar-refractivity contribution in [2.45, 2.75) is 25.7 Å². The minimum Gasteiger partial charge on any atom is -0.493 e. The van der Waals surface area contributed by atoms with E-state index < -0.39 is 10.0 Å². The zero-order chi connectivity index (χ0) is 24.0. The Labute approximate surface area is 197 Å². The number of aryl methyl sites for hydroxylation is 1. The van der Waals surface area contributed by atoms with Crippen LogP contribution in [0, 0.1) is 12.8 Å². The van der Waals surface area contributed by atoms with E-state index in [1.54, 1.807) is 31.2 Å². The summed E-state index contributed by atoms with van der Waals surface area (Å²) in [6, 6.07) is 14.1. The van der Waals surface area contributed by atoms with E-state index >= 15 is 0 Å². The number of thiocarbonyl (C=S) groups is 1. The molecule has 0 spiro atoms. The van der Waals surface area contributed by atoms with Gasteiger partial charge in [0.25, 0.3) is 15.9 Å². The van der Waals surface area contributed by atoms with Gasteiger partial charge in [-0.15, -0.1) is 0 Å². The number of aromatic nitrogens is 1. The molecule has 0 aliphatic rings. The topological polar surface area (TPSA) is 123 Å². The minimum absolute atomic E-state index is 0.0310. The van der Waals surface area contributed by atoms with E-state index in [9.17, 15) is 13.2 Å². The van der Waals surface area contributed by atoms with Crippen LogP contribution in [0.1, 0.15) is 30.0 Å². The number of ether oxygens (including phenoxy) is 1. The number of hydrogen-bond acceptors (Lipinski definition) is 7. The first-order chi connectivity index (χ1) is 15.6. The average Bonchev–Trinajstić information content (AvgIpc) is 3.16. The van der Waals surface area contributed by atoms with Gasteiger partial charge < -0.3 is 14.6 Å². The van der Waals surface area contributed by atoms with Crippen molar-refractivity contribution in [1.82, 2.24) is 10.5 Å². The molecule has 3 aromatic rings. The molecule has 0 aliphatic heterocycles. The number of sulfonamides is 1. The van der Waals surface area contributed by atoms with E-state index in [-0.39, 0.29) is 21.7 Å². The molecule has 0 radical (unpaired) electrons. The summed E-state index contributed by atoms with van der Waals surface area (Å²) in [4.78, 5) is 12.4. The van der Waals surface area contributed by atoms with E-state index in [2.05, 4.69) is 34.4 Å². The fourth-order valence-corrected chi connectivity index (χ4v) is 3.83. The number of hydrogen-bond donors (Lipinski definition) is 3. The number of nitrogens with zero attached hydrogens (tertiary/aromatic N) is 1. The summed E-state index contributed by atoms with van der Waals surface area (Å²) >= 11 is 5.19. The summed E-state index contributed by atoms with van der Waals surface area (Å²) < 4.78 is 37.7. The van der Waals surface area contributed by atoms with Crippen LogP contribution in [0.5, 0.6) is 5.75 Å². The average molecular weight is 489 g/mol. The maximum atomic E-state index is 12.4. The van der Waals surface area contributed by atoms with Crippen LogP contribution in [0.4, 0.5) is 11.5 Å². The van der Waals surface area contributed by atoms with E-state index in [4.69, 9.17) is 21.5 Å². The van der Waals surface area contributed by atoms with Gasteiger partial charge in [-0.25, -0.2) is 8.42 Å². The second kappa shape index (κ2) is 10.5. The molecule has 2 aromatic carbocycles. The lowest BCUT2D eigenvalue weighted by atomic mass is 10.2. The van der Waals surface area contributed by atoms with Crippen molar-refractivity contribution in [3.8, 4) is 5.75 Å². The molecule has 1 heterocycles. The highest BCUT2D eigenvalue weighted by Gasteiger charge is 2.16. The van der Waals surface area contributed by atoms with Gasteiger partial charge >= 0.3 is 0 Å². The van der Waals surface area contributed by atoms with Crippen LogP contribution >= 0.6 is 12.2 Å². The summed E-state index contributed by atoms with van der Waals surface area (Å²) in [6.07, 6.45) is 0. The number of anilines is 2. The third kappa shape index (κ3) is 7.02. The Morgan fingerprint density at radius 3 is 2.36 bits per heavy atom. The van der Waals surface area contributed by atoms with Gasteiger partial charge in [-0.3, -0.25) is 14.8 Å². The van der Waals surface area contributed by atoms with E-state index in [1.807, 2.05) is 0 Å². The SMILES string of the molecule is Cc1cc(NS(=O)(=O)c2ccc(NC(=S)NC(=O)c3ccc(OCC(C)C)cc3)cc2)no1. The van der Waals surface area contributed by atoms with Crippen molar-refractivity contribution in [2.24, 2.45) is 5.92 Å². The Hall–Kier alpha value is -3.44. The number of carbonyl (C=O) groups is 1. The molecule has 0 aliphatic carbocycles. The second-order valence-electron chi connectivity index (χ2n) is 7.59. The molecule has 11 heteroatoms. The smallest absolute Gasteiger partial charge is 0.263 e. The van der Waals surface area contributed by atoms with Crippen LogP contribution in [0.15, 0.2) is 64.0 Å². The van der Waals surface area contributed by atoms with Gasteiger partial charge in [0.2, 0.25) is 0 Å². The van der Waals surface area contributed by atoms with Gasteiger partial charge in [0, 0.05) is 17.3 Å². The van der Waals surface area contributed by atoms with Crippen LogP contribution in [-0.2, 0) is 10.0 Å². The molecule has 3 N–H and O–H groups in total. The standard InChI is InChI=1S/C22H24N4O5S2/c1-14(2)13-30-18-8-4-16(5-9-18)21(27)24-22(32)23-17-6-10-19(11-7-17)33(28,29)26-20-12-15(3)31-25-20/h4-12,14H,13H2,1-3H3,(H,25,26)(H2,23,24,27,32). The molecule has 0 saturated heterocycles. The van der Waals surface area contributed by atoms with Crippen molar-refractivity contribution in [3.63, 3.8) is 0 Å². The molecule has 0 bridgehead atoms. The molecule has 1 amide bonds. The second-order valence-corrected chi connectivity index (χ2v) is 9.68. The summed E-state index contributed by atoms with van der Waals surface area (Å²) in [5.74, 6) is 1.29. The van der Waals surface area contributed by atoms with Crippen molar-refractivity contribution >= 4 is 44.8 Å². The zero-order valence-electron chi connectivity index (χ0n) is 18.3. The number of amides is 1. The third-order valence-corrected chi connectivity index (χ3v) is 5.79. The van der Waals surface area contributed by atoms with Crippen LogP contribution in [-0.4, -0.2) is 31.2 Å². The molecule has 1 aromatic heterocycles. The van der Waals surface area contributed by atoms with Gasteiger partial charge in [-0.1, -0.05) is 19.0 Å². The van der Waals surface area contributed by atoms with Crippen LogP contribution in [0.2, 0.25) is 0 Å². The predicted octanol–water partition coefficient (Wildman–Crippen LogP) is 3.95. The lowest BCUT2D eigenvalue weighted by molar-refractivity contribution is 0.0977. The van der Waals surface area contributed by atoms with Gasteiger partial charge in [0.05, 0.1) is 11.5 Å². The van der Waals surface area contributed by atoms with Gasteiger partial charge in [-0.05, 0) is 73.6 Å². The minimum atomic E-state index is -3.83. The summed E-state index contributed by atoms with van der Waals surface area (Å²) in [5.41, 5.74) is 0.931. The Morgan fingerprint density at radius 1 is 1.12 bits per heavy atom. The summed E-state index contributed by atoms with van der Waals surface area (Å²) in [6.45, 7) is 6.36. The Morgan fingerprint density at radius 2 is 1.79 bits per heavy atom. The Bertz CT molecular complexity index is 1220. The molecule has 3 rings (SSSR count). The molecule has 0 fully saturated rings. The van der Waals surface area contributed by atoms with Crippen LogP contribution in [0.3, 0.4) is 0 Å². The zero-order valence-corrected chi connectivity index (χ0v) is 19.9. The highest BCUT2D eigenvalue weighted by molar-refractivity contribution is 7.92. The summed E-state index contributed by atoms with van der Waals surface area (Å²) in [7, 11) is -3.83. The fourth-order valence-electron chi connectivity index (χ4n) is 2.63. The lowest BCUT2D eigenvalue weighted by Gasteiger charge is -2.11. The number of nitrogens with one attached hydrogen (secondary N) is 3. The van der Waals surface area contributed by atoms with E-state index in [0.717, 1.165) is 0 Å². The molecule has 174 valence electrons. The monoisotopic (exact) mass is 488 g/mol. The Kier molecular flexibility index (Phi) is 7.67. The number of carbonyl (C=O) groups excluding carboxylic acids is 1. The molecular weight excluding hydrogens is 464 g/mol. The first-order valence-corrected chi connectivity index (χ1v) is 11.9. The first-order valence-electron chi connectivity index (χ1n) is 10.0. The quantitative estimate of drug-likeness (QED) is 0.408. The maximum Gasteiger partial charge on any atom is 0.263 e. The lowest BCUT2D eigenvalue weighted by Crippen LogP contribution is -2.34. The largest absolute Gasteiger partial charge is 0.493 e. The molecule has 9 nitrogen and oxygen atoms in total. The van der Waals surface area contributed by atoms with Crippen molar-refractivity contribution in [2.75, 3.05) is 16.6 Å². The third-order valence-electron chi connectivity index (χ3n) is 4.22. The molecular formula is C22H24N4O5S2. The highest BCUT2D eigenvalue weighted by Crippen LogP contribution is 2.18. The van der Waals surface area contributed by atoms with Crippen LogP contribution < -0.4 is 20.1 Å². The first kappa shape index (κ1) is 24.2. The molecule has 0 atom stereocenters. The van der Waals surface area contributed by atoms with Gasteiger partial charge in [-0.2, -0.15) is 0 Å². The van der Waals surface area contributed by atoms with Gasteiger partial charge in [0.1, 0.15) is 11.5 Å². The number of benzene rings is 2. The van der Waals surface area contributed by atoms with Crippen molar-refractivity contribution < 1.29 is 22.5 Å². The molecule has 0 saturated carbocycles. The van der Waals surface area contributed by atoms with Crippen molar-refractivity contribution in [3.05, 3.63) is 65.9 Å². The van der Waals surface area contributed by atoms with Crippen molar-refractivity contribution in [1.29, 1.82) is 0 Å². The molecule has 0 unspecified atom stereocenters. The maximum absolute atomic E-state index is 12.4. The fraction of sp³-hybridized carbons (Fsp3) is 0.227. The van der Waals surface area contributed by atoms with Crippen LogP contribution in [0.25, 0.3) is 0 Å². The summed E-state index contributed by atoms with van der Waals surface area (Å²) in [5, 5.41) is 9.13. The molecule has 33 heavy (non-hydrogen) atoms. The van der Waals surface area contributed by atoms with Gasteiger partial charge in [0.15, 0.2) is 10.9 Å². The normalized spacial score (nSPS) is 11.2. The Balaban J connectivity index is 1.55. The van der Waals surface area contributed by atoms with E-state index in [0.29, 0.717) is 35.3 Å².